The van der Waals surface area contributed by atoms with Crippen molar-refractivity contribution in [3.8, 4) is 0 Å². The van der Waals surface area contributed by atoms with Crippen LogP contribution in [-0.2, 0) is 14.3 Å². The molecule has 2 heterocycles. The van der Waals surface area contributed by atoms with Crippen LogP contribution in [0.15, 0.2) is 18.3 Å². The number of hydrogen-bond acceptors (Lipinski definition) is 6. The molecule has 2 unspecified atom stereocenters. The van der Waals surface area contributed by atoms with E-state index in [-0.39, 0.29) is 5.92 Å². The van der Waals surface area contributed by atoms with Gasteiger partial charge in [-0.2, -0.15) is 0 Å². The smallest absolute Gasteiger partial charge is 0.411 e. The fourth-order valence-corrected chi connectivity index (χ4v) is 2.62. The molecule has 1 amide bonds. The number of esters is 1. The quantitative estimate of drug-likeness (QED) is 0.836. The minimum atomic E-state index is -0.655. The number of aromatic nitrogens is 1. The Balaban J connectivity index is 2.20. The molecule has 0 bridgehead atoms. The maximum atomic E-state index is 12.4. The Kier molecular flexibility index (Phi) is 4.77. The van der Waals surface area contributed by atoms with Crippen LogP contribution in [0.25, 0.3) is 0 Å². The van der Waals surface area contributed by atoms with Gasteiger partial charge in [0.25, 0.3) is 0 Å². The van der Waals surface area contributed by atoms with Gasteiger partial charge < -0.3 is 15.2 Å². The molecule has 0 aliphatic carbocycles. The van der Waals surface area contributed by atoms with Crippen molar-refractivity contribution in [3.05, 3.63) is 23.9 Å². The van der Waals surface area contributed by atoms with Crippen LogP contribution in [0.1, 0.15) is 38.7 Å². The molecule has 7 heteroatoms. The number of rotatable bonds is 2. The highest BCUT2D eigenvalue weighted by Gasteiger charge is 2.42. The van der Waals surface area contributed by atoms with E-state index in [1.165, 1.54) is 12.0 Å². The maximum Gasteiger partial charge on any atom is 0.411 e. The monoisotopic (exact) mass is 321 g/mol. The van der Waals surface area contributed by atoms with Crippen LogP contribution in [-0.4, -0.2) is 47.2 Å². The SMILES string of the molecule is COC(=O)C1CC(c2ccc(N)nc2)CN1C(=O)OC(C)(C)C. The fraction of sp³-hybridized carbons (Fsp3) is 0.562. The highest BCUT2D eigenvalue weighted by molar-refractivity contribution is 5.82. The van der Waals surface area contributed by atoms with Crippen LogP contribution < -0.4 is 5.73 Å². The molecule has 1 aromatic heterocycles. The van der Waals surface area contributed by atoms with Gasteiger partial charge in [-0.05, 0) is 38.8 Å². The van der Waals surface area contributed by atoms with E-state index in [0.717, 1.165) is 5.56 Å². The molecule has 0 saturated carbocycles. The Morgan fingerprint density at radius 1 is 1.35 bits per heavy atom. The van der Waals surface area contributed by atoms with Gasteiger partial charge in [0, 0.05) is 18.7 Å². The van der Waals surface area contributed by atoms with E-state index < -0.39 is 23.7 Å². The second kappa shape index (κ2) is 6.44. The molecule has 1 aromatic rings. The third-order valence-corrected chi connectivity index (χ3v) is 3.68. The molecule has 2 rings (SSSR count). The number of carbonyl (C=O) groups is 2. The number of hydrogen-bond donors (Lipinski definition) is 1. The van der Waals surface area contributed by atoms with Crippen molar-refractivity contribution in [1.29, 1.82) is 0 Å². The van der Waals surface area contributed by atoms with Crippen molar-refractivity contribution in [3.63, 3.8) is 0 Å². The van der Waals surface area contributed by atoms with Gasteiger partial charge in [0.05, 0.1) is 7.11 Å². The van der Waals surface area contributed by atoms with E-state index in [2.05, 4.69) is 4.98 Å². The Labute approximate surface area is 135 Å². The van der Waals surface area contributed by atoms with Gasteiger partial charge in [-0.25, -0.2) is 14.6 Å². The van der Waals surface area contributed by atoms with E-state index in [9.17, 15) is 9.59 Å². The summed E-state index contributed by atoms with van der Waals surface area (Å²) < 4.78 is 10.2. The number of nitrogen functional groups attached to an aromatic ring is 1. The largest absolute Gasteiger partial charge is 0.467 e. The van der Waals surface area contributed by atoms with Crippen LogP contribution in [0.5, 0.6) is 0 Å². The molecule has 1 aliphatic rings. The highest BCUT2D eigenvalue weighted by Crippen LogP contribution is 2.33. The van der Waals surface area contributed by atoms with Crippen LogP contribution in [0.2, 0.25) is 0 Å². The number of carbonyl (C=O) groups excluding carboxylic acids is 2. The number of nitrogens with two attached hydrogens (primary N) is 1. The predicted molar refractivity (Wildman–Crippen MR) is 84.8 cm³/mol. The summed E-state index contributed by atoms with van der Waals surface area (Å²) in [7, 11) is 1.31. The number of likely N-dealkylation sites (tertiary alicyclic amines) is 1. The van der Waals surface area contributed by atoms with E-state index >= 15 is 0 Å². The van der Waals surface area contributed by atoms with Gasteiger partial charge in [0.15, 0.2) is 0 Å². The van der Waals surface area contributed by atoms with Crippen molar-refractivity contribution in [2.24, 2.45) is 0 Å². The van der Waals surface area contributed by atoms with Gasteiger partial charge in [-0.15, -0.1) is 0 Å². The minimum Gasteiger partial charge on any atom is -0.467 e. The van der Waals surface area contributed by atoms with E-state index in [1.54, 1.807) is 33.0 Å². The fourth-order valence-electron chi connectivity index (χ4n) is 2.62. The molecule has 23 heavy (non-hydrogen) atoms. The Morgan fingerprint density at radius 2 is 2.04 bits per heavy atom. The average molecular weight is 321 g/mol. The molecule has 1 fully saturated rings. The number of pyridine rings is 1. The summed E-state index contributed by atoms with van der Waals surface area (Å²) in [5.41, 5.74) is 5.90. The minimum absolute atomic E-state index is 0.0141. The summed E-state index contributed by atoms with van der Waals surface area (Å²) >= 11 is 0. The number of ether oxygens (including phenoxy) is 2. The van der Waals surface area contributed by atoms with E-state index in [1.807, 2.05) is 6.07 Å². The zero-order valence-electron chi connectivity index (χ0n) is 13.9. The second-order valence-corrected chi connectivity index (χ2v) is 6.62. The average Bonchev–Trinajstić information content (AvgIpc) is 2.90. The third kappa shape index (κ3) is 4.12. The van der Waals surface area contributed by atoms with Crippen molar-refractivity contribution >= 4 is 17.9 Å². The second-order valence-electron chi connectivity index (χ2n) is 6.62. The summed E-state index contributed by atoms with van der Waals surface area (Å²) in [6.07, 6.45) is 1.63. The van der Waals surface area contributed by atoms with Crippen molar-refractivity contribution < 1.29 is 19.1 Å². The first-order chi connectivity index (χ1) is 10.7. The van der Waals surface area contributed by atoms with Crippen LogP contribution in [0.4, 0.5) is 10.6 Å². The summed E-state index contributed by atoms with van der Waals surface area (Å²) in [4.78, 5) is 29.9. The van der Waals surface area contributed by atoms with Gasteiger partial charge in [0.2, 0.25) is 0 Å². The first kappa shape index (κ1) is 17.1. The summed E-state index contributed by atoms with van der Waals surface area (Å²) in [6.45, 7) is 5.74. The van der Waals surface area contributed by atoms with E-state index in [0.29, 0.717) is 18.8 Å². The molecule has 126 valence electrons. The summed E-state index contributed by atoms with van der Waals surface area (Å²) in [5, 5.41) is 0. The zero-order chi connectivity index (χ0) is 17.2. The standard InChI is InChI=1S/C16H23N3O4/c1-16(2,3)23-15(21)19-9-11(7-12(19)14(20)22-4)10-5-6-13(17)18-8-10/h5-6,8,11-12H,7,9H2,1-4H3,(H2,17,18). The lowest BCUT2D eigenvalue weighted by atomic mass is 9.98. The molecule has 1 aliphatic heterocycles. The lowest BCUT2D eigenvalue weighted by Gasteiger charge is -2.27. The van der Waals surface area contributed by atoms with Crippen LogP contribution >= 0.6 is 0 Å². The van der Waals surface area contributed by atoms with Gasteiger partial charge >= 0.3 is 12.1 Å². The first-order valence-corrected chi connectivity index (χ1v) is 7.50. The van der Waals surface area contributed by atoms with Crippen molar-refractivity contribution in [1.82, 2.24) is 9.88 Å². The molecule has 0 aromatic carbocycles. The maximum absolute atomic E-state index is 12.4. The lowest BCUT2D eigenvalue weighted by molar-refractivity contribution is -0.145. The molecule has 0 spiro atoms. The molecule has 1 saturated heterocycles. The first-order valence-electron chi connectivity index (χ1n) is 7.50. The lowest BCUT2D eigenvalue weighted by Crippen LogP contribution is -2.43. The van der Waals surface area contributed by atoms with Gasteiger partial charge in [-0.1, -0.05) is 6.07 Å². The van der Waals surface area contributed by atoms with Crippen molar-refractivity contribution in [2.45, 2.75) is 44.8 Å². The normalized spacial score (nSPS) is 21.1. The predicted octanol–water partition coefficient (Wildman–Crippen LogP) is 1.93. The Bertz CT molecular complexity index is 580. The molecule has 7 nitrogen and oxygen atoms in total. The topological polar surface area (TPSA) is 94.8 Å². The van der Waals surface area contributed by atoms with E-state index in [4.69, 9.17) is 15.2 Å². The zero-order valence-corrected chi connectivity index (χ0v) is 13.9. The van der Waals surface area contributed by atoms with Gasteiger partial charge in [-0.3, -0.25) is 4.90 Å². The van der Waals surface area contributed by atoms with Crippen molar-refractivity contribution in [2.75, 3.05) is 19.4 Å². The summed E-state index contributed by atoms with van der Waals surface area (Å²) in [6, 6.07) is 2.91. The molecule has 2 atom stereocenters. The van der Waals surface area contributed by atoms with Crippen LogP contribution in [0.3, 0.4) is 0 Å². The molecular formula is C16H23N3O4. The number of methoxy groups -OCH3 is 1. The van der Waals surface area contributed by atoms with Crippen LogP contribution in [0, 0.1) is 0 Å². The number of amides is 1. The Hall–Kier alpha value is -2.31. The molecular weight excluding hydrogens is 298 g/mol. The summed E-state index contributed by atoms with van der Waals surface area (Å²) in [5.74, 6) is -0.0262. The molecule has 0 radical (unpaired) electrons. The number of nitrogens with zero attached hydrogens (tertiary/aromatic N) is 2. The molecule has 2 N–H and O–H groups in total. The Morgan fingerprint density at radius 3 is 2.57 bits per heavy atom. The highest BCUT2D eigenvalue weighted by atomic mass is 16.6. The third-order valence-electron chi connectivity index (χ3n) is 3.68. The number of anilines is 1. The van der Waals surface area contributed by atoms with Gasteiger partial charge in [0.1, 0.15) is 17.5 Å².